The Labute approximate surface area is 238 Å². The average Bonchev–Trinajstić information content (AvgIpc) is 3.50. The zero-order valence-electron chi connectivity index (χ0n) is 20.9. The van der Waals surface area contributed by atoms with Crippen molar-refractivity contribution in [2.45, 2.75) is 36.5 Å². The molecule has 210 valence electrons. The number of carbonyl (C=O) groups is 3. The van der Waals surface area contributed by atoms with Crippen LogP contribution in [0.1, 0.15) is 19.5 Å². The number of H-pyrrole nitrogens is 1. The number of amides is 2. The summed E-state index contributed by atoms with van der Waals surface area (Å²) in [5, 5.41) is 37.5. The summed E-state index contributed by atoms with van der Waals surface area (Å²) in [6, 6.07) is 1.68. The van der Waals surface area contributed by atoms with Crippen molar-refractivity contribution < 1.29 is 34.5 Å². The van der Waals surface area contributed by atoms with Gasteiger partial charge in [0.2, 0.25) is 0 Å². The topological polar surface area (TPSA) is 216 Å². The normalized spacial score (nSPS) is 19.1. The summed E-state index contributed by atoms with van der Waals surface area (Å²) in [6.07, 6.45) is -0.313. The minimum absolute atomic E-state index is 0.137. The van der Waals surface area contributed by atoms with Gasteiger partial charge < -0.3 is 36.2 Å². The Bertz CT molecular complexity index is 1540. The van der Waals surface area contributed by atoms with E-state index in [1.165, 1.54) is 40.6 Å². The molecule has 2 aromatic heterocycles. The second-order valence-corrected chi connectivity index (χ2v) is 11.9. The lowest BCUT2D eigenvalue weighted by molar-refractivity contribution is -0.150. The van der Waals surface area contributed by atoms with Gasteiger partial charge in [-0.15, -0.1) is 23.1 Å². The van der Waals surface area contributed by atoms with E-state index in [2.05, 4.69) is 25.4 Å². The number of phenols is 2. The first-order valence-electron chi connectivity index (χ1n) is 11.7. The van der Waals surface area contributed by atoms with E-state index < -0.39 is 29.2 Å². The number of carbonyl (C=O) groups excluding carboxylic acids is 2. The number of nitrogens with one attached hydrogen (secondary N) is 2. The summed E-state index contributed by atoms with van der Waals surface area (Å²) < 4.78 is 0. The first-order chi connectivity index (χ1) is 19.0. The molecule has 40 heavy (non-hydrogen) atoms. The Morgan fingerprint density at radius 1 is 1.32 bits per heavy atom. The van der Waals surface area contributed by atoms with Crippen LogP contribution < -0.4 is 11.1 Å². The zero-order valence-corrected chi connectivity index (χ0v) is 23.4. The van der Waals surface area contributed by atoms with Crippen molar-refractivity contribution in [3.8, 4) is 11.5 Å². The van der Waals surface area contributed by atoms with Crippen LogP contribution in [0.25, 0.3) is 11.0 Å². The number of nitrogens with two attached hydrogens (primary N) is 1. The Morgan fingerprint density at radius 3 is 2.75 bits per heavy atom. The molecule has 1 saturated heterocycles. The quantitative estimate of drug-likeness (QED) is 0.0675. The first kappa shape index (κ1) is 27.6. The van der Waals surface area contributed by atoms with Crippen LogP contribution >= 0.6 is 34.9 Å². The molecule has 17 heteroatoms. The molecule has 2 aliphatic rings. The van der Waals surface area contributed by atoms with E-state index >= 15 is 0 Å². The van der Waals surface area contributed by atoms with Gasteiger partial charge in [-0.1, -0.05) is 16.9 Å². The number of rotatable bonds is 9. The number of thiazole rings is 1. The number of nitrogens with zero attached hydrogens (tertiary/aromatic N) is 4. The molecule has 14 nitrogen and oxygen atoms in total. The maximum Gasteiger partial charge on any atom is 0.352 e. The lowest BCUT2D eigenvalue weighted by atomic mass is 10.0. The minimum atomic E-state index is -1.26. The molecule has 2 aliphatic heterocycles. The van der Waals surface area contributed by atoms with Gasteiger partial charge in [-0.25, -0.2) is 14.8 Å². The number of carboxylic acid groups (broad SMARTS) is 1. The average molecular weight is 606 g/mol. The predicted octanol–water partition coefficient (Wildman–Crippen LogP) is 1.67. The molecule has 2 amide bonds. The number of anilines is 1. The number of carboxylic acids is 1. The number of β-lactam (4-membered cyclic amide) rings is 1. The second-order valence-electron chi connectivity index (χ2n) is 8.97. The molecule has 1 aromatic carbocycles. The third kappa shape index (κ3) is 5.26. The molecule has 0 saturated carbocycles. The van der Waals surface area contributed by atoms with Gasteiger partial charge in [0.1, 0.15) is 28.9 Å². The van der Waals surface area contributed by atoms with Crippen LogP contribution in [0.3, 0.4) is 0 Å². The Morgan fingerprint density at radius 2 is 2.08 bits per heavy atom. The van der Waals surface area contributed by atoms with Crippen molar-refractivity contribution in [2.75, 3.05) is 17.2 Å². The van der Waals surface area contributed by atoms with Crippen LogP contribution in [0.15, 0.2) is 39.1 Å². The van der Waals surface area contributed by atoms with E-state index in [1.54, 1.807) is 19.2 Å². The van der Waals surface area contributed by atoms with E-state index in [1.807, 2.05) is 0 Å². The Kier molecular flexibility index (Phi) is 7.52. The molecular formula is C23H23N7O7S3. The molecule has 7 N–H and O–H groups in total. The number of fused-ring (bicyclic) bond motifs is 2. The van der Waals surface area contributed by atoms with Gasteiger partial charge in [0.25, 0.3) is 11.8 Å². The van der Waals surface area contributed by atoms with Crippen LogP contribution in [0.5, 0.6) is 11.5 Å². The second kappa shape index (κ2) is 10.9. The number of hydrogen-bond acceptors (Lipinski definition) is 13. The third-order valence-electron chi connectivity index (χ3n) is 5.81. The number of aliphatic carboxylic acids is 1. The van der Waals surface area contributed by atoms with Crippen molar-refractivity contribution in [1.82, 2.24) is 25.2 Å². The fourth-order valence-electron chi connectivity index (χ4n) is 4.00. The van der Waals surface area contributed by atoms with E-state index in [4.69, 9.17) is 10.6 Å². The number of imidazole rings is 1. The lowest BCUT2D eigenvalue weighted by Gasteiger charge is -2.49. The number of nitrogen functional groups attached to an aromatic ring is 1. The van der Waals surface area contributed by atoms with Crippen LogP contribution in [-0.4, -0.2) is 87.7 Å². The fourth-order valence-corrected chi connectivity index (χ4v) is 6.92. The summed E-state index contributed by atoms with van der Waals surface area (Å²) in [7, 11) is 0. The van der Waals surface area contributed by atoms with E-state index in [0.717, 1.165) is 11.3 Å². The highest BCUT2D eigenvalue weighted by atomic mass is 32.2. The van der Waals surface area contributed by atoms with Gasteiger partial charge in [0.15, 0.2) is 27.5 Å². The van der Waals surface area contributed by atoms with Gasteiger partial charge in [0.05, 0.1) is 11.0 Å². The third-order valence-corrected chi connectivity index (χ3v) is 8.78. The van der Waals surface area contributed by atoms with Gasteiger partial charge in [0, 0.05) is 29.0 Å². The number of aromatic hydroxyl groups is 2. The molecule has 3 aromatic rings. The molecule has 0 unspecified atom stereocenters. The molecule has 0 radical (unpaired) electrons. The Balaban J connectivity index is 1.31. The van der Waals surface area contributed by atoms with Crippen LogP contribution in [0.2, 0.25) is 0 Å². The van der Waals surface area contributed by atoms with Crippen LogP contribution in [-0.2, 0) is 19.2 Å². The molecule has 2 atom stereocenters. The molecule has 4 heterocycles. The molecule has 0 aliphatic carbocycles. The number of phenolic OH excluding ortho intramolecular Hbond substituents is 2. The zero-order chi connectivity index (χ0) is 28.7. The first-order valence-corrected chi connectivity index (χ1v) is 14.7. The SMILES string of the molecule is CC(C)O/N=C(/C(=O)N[C@@H]1C(=O)N2C(C(=O)O)=C(CSc3nc4cc(O)c(O)cc4[nH]3)CS[C@H]12)c1csc(N)n1. The van der Waals surface area contributed by atoms with E-state index in [-0.39, 0.29) is 45.6 Å². The fraction of sp³-hybridized carbons (Fsp3) is 0.304. The number of benzene rings is 1. The number of hydrogen-bond donors (Lipinski definition) is 6. The number of aromatic nitrogens is 3. The standard InChI is InChI=1S/C23H23N7O7S3/c1-8(2)37-29-15(12-7-39-22(24)25-12)18(33)28-16-19(34)30-17(21(35)36)9(5-38-20(16)30)6-40-23-26-10-3-13(31)14(32)4-11(10)27-23/h3-4,7-8,16,20,31-32H,5-6H2,1-2H3,(H2,24,25)(H,26,27)(H,28,33)(H,35,36)/b29-15+/t16-,20-/m1/s1. The largest absolute Gasteiger partial charge is 0.504 e. The van der Waals surface area contributed by atoms with E-state index in [9.17, 15) is 29.7 Å². The van der Waals surface area contributed by atoms with Gasteiger partial charge in [-0.3, -0.25) is 14.5 Å². The summed E-state index contributed by atoms with van der Waals surface area (Å²) in [4.78, 5) is 56.2. The van der Waals surface area contributed by atoms with Crippen LogP contribution in [0, 0.1) is 0 Å². The minimum Gasteiger partial charge on any atom is -0.504 e. The summed E-state index contributed by atoms with van der Waals surface area (Å²) in [5.41, 5.74) is 7.05. The number of oxime groups is 1. The smallest absolute Gasteiger partial charge is 0.352 e. The molecule has 5 rings (SSSR count). The monoisotopic (exact) mass is 605 g/mol. The van der Waals surface area contributed by atoms with Crippen molar-refractivity contribution in [2.24, 2.45) is 5.16 Å². The highest BCUT2D eigenvalue weighted by molar-refractivity contribution is 8.01. The van der Waals surface area contributed by atoms with Crippen molar-refractivity contribution in [3.63, 3.8) is 0 Å². The highest BCUT2D eigenvalue weighted by Gasteiger charge is 2.54. The van der Waals surface area contributed by atoms with Crippen molar-refractivity contribution in [1.29, 1.82) is 0 Å². The summed E-state index contributed by atoms with van der Waals surface area (Å²) >= 11 is 3.66. The number of thioether (sulfide) groups is 2. The van der Waals surface area contributed by atoms with Crippen molar-refractivity contribution >= 4 is 74.5 Å². The molecule has 0 bridgehead atoms. The van der Waals surface area contributed by atoms with Gasteiger partial charge >= 0.3 is 5.97 Å². The van der Waals surface area contributed by atoms with Gasteiger partial charge in [-0.05, 0) is 19.4 Å². The number of aromatic amines is 1. The maximum atomic E-state index is 13.1. The predicted molar refractivity (Wildman–Crippen MR) is 149 cm³/mol. The molecule has 0 spiro atoms. The lowest BCUT2D eigenvalue weighted by Crippen LogP contribution is -2.71. The summed E-state index contributed by atoms with van der Waals surface area (Å²) in [6.45, 7) is 3.47. The van der Waals surface area contributed by atoms with E-state index in [0.29, 0.717) is 27.5 Å². The molecule has 1 fully saturated rings. The van der Waals surface area contributed by atoms with Crippen molar-refractivity contribution in [3.05, 3.63) is 34.5 Å². The summed E-state index contributed by atoms with van der Waals surface area (Å²) in [5.74, 6) is -2.61. The highest BCUT2D eigenvalue weighted by Crippen LogP contribution is 2.41. The van der Waals surface area contributed by atoms with Crippen LogP contribution in [0.4, 0.5) is 5.13 Å². The molecular weight excluding hydrogens is 582 g/mol. The Hall–Kier alpha value is -3.96. The maximum absolute atomic E-state index is 13.1. The van der Waals surface area contributed by atoms with Gasteiger partial charge in [-0.2, -0.15) is 0 Å².